The minimum absolute atomic E-state index is 0.257. The Morgan fingerprint density at radius 1 is 1.14 bits per heavy atom. The molecule has 0 saturated heterocycles. The first-order valence-corrected chi connectivity index (χ1v) is 6.55. The summed E-state index contributed by atoms with van der Waals surface area (Å²) in [5, 5.41) is 12.1. The molecule has 1 N–H and O–H groups in total. The summed E-state index contributed by atoms with van der Waals surface area (Å²) in [4.78, 5) is 4.20. The zero-order valence-electron chi connectivity index (χ0n) is 11.2. The van der Waals surface area contributed by atoms with Crippen LogP contribution in [0.1, 0.15) is 22.9 Å². The summed E-state index contributed by atoms with van der Waals surface area (Å²) in [5.41, 5.74) is 1.34. The van der Waals surface area contributed by atoms with E-state index >= 15 is 0 Å². The second-order valence-corrected chi connectivity index (χ2v) is 4.49. The summed E-state index contributed by atoms with van der Waals surface area (Å²) in [6.07, 6.45) is 2.15. The molecular weight excluding hydrogens is 266 g/mol. The fraction of sp³-hybridized carbons (Fsp3) is 0.125. The van der Waals surface area contributed by atoms with E-state index in [1.165, 1.54) is 0 Å². The summed E-state index contributed by atoms with van der Waals surface area (Å²) in [6, 6.07) is 15.5. The lowest BCUT2D eigenvalue weighted by Gasteiger charge is -1.99. The third kappa shape index (κ3) is 3.12. The van der Waals surface area contributed by atoms with Crippen LogP contribution in [0.3, 0.4) is 0 Å². The summed E-state index contributed by atoms with van der Waals surface area (Å²) in [5.74, 6) is 1.65. The Morgan fingerprint density at radius 2 is 2.00 bits per heavy atom. The summed E-state index contributed by atoms with van der Waals surface area (Å²) < 4.78 is 10.8. The summed E-state index contributed by atoms with van der Waals surface area (Å²) in [6.45, 7) is 0.446. The molecule has 0 fully saturated rings. The summed E-state index contributed by atoms with van der Waals surface area (Å²) in [7, 11) is 0. The number of hydrogen-bond donors (Lipinski definition) is 1. The van der Waals surface area contributed by atoms with Crippen LogP contribution in [0.15, 0.2) is 57.6 Å². The van der Waals surface area contributed by atoms with E-state index in [-0.39, 0.29) is 5.69 Å². The van der Waals surface area contributed by atoms with E-state index in [9.17, 15) is 0 Å². The maximum atomic E-state index is 9.12. The highest BCUT2D eigenvalue weighted by Gasteiger charge is 2.13. The molecule has 5 nitrogen and oxygen atoms in total. The van der Waals surface area contributed by atoms with Gasteiger partial charge in [0.2, 0.25) is 17.5 Å². The number of anilines is 1. The number of nitrogens with zero attached hydrogens (tertiary/aromatic N) is 2. The van der Waals surface area contributed by atoms with Gasteiger partial charge in [0.15, 0.2) is 0 Å². The number of nitriles is 1. The molecule has 1 aromatic carbocycles. The molecule has 0 unspecified atom stereocenters. The van der Waals surface area contributed by atoms with E-state index in [4.69, 9.17) is 14.1 Å². The largest absolute Gasteiger partial charge is 0.467 e. The predicted molar refractivity (Wildman–Crippen MR) is 76.5 cm³/mol. The number of hydrogen-bond acceptors (Lipinski definition) is 5. The van der Waals surface area contributed by atoms with Crippen LogP contribution in [0.5, 0.6) is 0 Å². The molecule has 2 heterocycles. The smallest absolute Gasteiger partial charge is 0.232 e. The van der Waals surface area contributed by atoms with Crippen molar-refractivity contribution in [2.45, 2.75) is 13.0 Å². The second kappa shape index (κ2) is 5.97. The van der Waals surface area contributed by atoms with E-state index in [1.54, 1.807) is 6.26 Å². The van der Waals surface area contributed by atoms with Crippen molar-refractivity contribution in [3.8, 4) is 6.07 Å². The molecule has 2 aromatic heterocycles. The molecule has 0 atom stereocenters. The van der Waals surface area contributed by atoms with Gasteiger partial charge in [0, 0.05) is 6.42 Å². The number of furan rings is 1. The van der Waals surface area contributed by atoms with Crippen LogP contribution in [-0.4, -0.2) is 4.98 Å². The Hall–Kier alpha value is -3.00. The van der Waals surface area contributed by atoms with Crippen LogP contribution < -0.4 is 5.32 Å². The molecule has 0 bridgehead atoms. The maximum absolute atomic E-state index is 9.12. The summed E-state index contributed by atoms with van der Waals surface area (Å²) >= 11 is 0. The van der Waals surface area contributed by atoms with Gasteiger partial charge in [0.05, 0.1) is 12.8 Å². The number of aromatic nitrogens is 1. The Balaban J connectivity index is 1.74. The van der Waals surface area contributed by atoms with E-state index in [0.29, 0.717) is 24.7 Å². The molecule has 21 heavy (non-hydrogen) atoms. The van der Waals surface area contributed by atoms with E-state index in [1.807, 2.05) is 48.5 Å². The lowest BCUT2D eigenvalue weighted by atomic mass is 10.1. The van der Waals surface area contributed by atoms with Gasteiger partial charge in [-0.1, -0.05) is 30.3 Å². The molecule has 3 rings (SSSR count). The van der Waals surface area contributed by atoms with E-state index in [0.717, 1.165) is 11.3 Å². The molecule has 0 amide bonds. The van der Waals surface area contributed by atoms with Crippen molar-refractivity contribution in [2.24, 2.45) is 0 Å². The molecule has 0 aliphatic heterocycles. The first kappa shape index (κ1) is 13.0. The molecular formula is C16H13N3O2. The first-order chi connectivity index (χ1) is 10.3. The third-order valence-corrected chi connectivity index (χ3v) is 2.98. The Kier molecular flexibility index (Phi) is 3.70. The van der Waals surface area contributed by atoms with E-state index < -0.39 is 0 Å². The highest BCUT2D eigenvalue weighted by molar-refractivity contribution is 5.45. The van der Waals surface area contributed by atoms with Crippen LogP contribution >= 0.6 is 0 Å². The van der Waals surface area contributed by atoms with Crippen LogP contribution in [0.25, 0.3) is 0 Å². The molecule has 0 aliphatic carbocycles. The van der Waals surface area contributed by atoms with Gasteiger partial charge >= 0.3 is 0 Å². The molecule has 0 radical (unpaired) electrons. The molecule has 3 aromatic rings. The van der Waals surface area contributed by atoms with Crippen LogP contribution in [0.4, 0.5) is 5.88 Å². The maximum Gasteiger partial charge on any atom is 0.232 e. The van der Waals surface area contributed by atoms with Crippen molar-refractivity contribution < 1.29 is 8.83 Å². The predicted octanol–water partition coefficient (Wildman–Crippen LogP) is 3.34. The third-order valence-electron chi connectivity index (χ3n) is 2.98. The molecule has 0 saturated carbocycles. The monoisotopic (exact) mass is 279 g/mol. The Bertz CT molecular complexity index is 740. The van der Waals surface area contributed by atoms with Crippen molar-refractivity contribution in [2.75, 3.05) is 5.32 Å². The normalized spacial score (nSPS) is 10.2. The fourth-order valence-electron chi connectivity index (χ4n) is 1.99. The van der Waals surface area contributed by atoms with Crippen LogP contribution in [0.2, 0.25) is 0 Å². The average Bonchev–Trinajstić information content (AvgIpc) is 3.15. The van der Waals surface area contributed by atoms with Gasteiger partial charge in [0.1, 0.15) is 11.8 Å². The van der Waals surface area contributed by atoms with Crippen molar-refractivity contribution in [1.82, 2.24) is 4.98 Å². The standard InChI is InChI=1S/C16H13N3O2/c17-10-14-16(18-11-13-7-4-8-20-13)21-15(19-14)9-12-5-2-1-3-6-12/h1-8,18H,9,11H2. The van der Waals surface area contributed by atoms with Crippen molar-refractivity contribution in [1.29, 1.82) is 5.26 Å². The number of oxazole rings is 1. The first-order valence-electron chi connectivity index (χ1n) is 6.55. The number of nitrogens with one attached hydrogen (secondary N) is 1. The average molecular weight is 279 g/mol. The highest BCUT2D eigenvalue weighted by Crippen LogP contribution is 2.19. The van der Waals surface area contributed by atoms with Gasteiger partial charge in [0.25, 0.3) is 0 Å². The quantitative estimate of drug-likeness (QED) is 0.775. The van der Waals surface area contributed by atoms with Gasteiger partial charge in [-0.3, -0.25) is 0 Å². The zero-order chi connectivity index (χ0) is 14.5. The van der Waals surface area contributed by atoms with E-state index in [2.05, 4.69) is 10.3 Å². The van der Waals surface area contributed by atoms with Crippen molar-refractivity contribution in [3.05, 3.63) is 71.6 Å². The molecule has 104 valence electrons. The zero-order valence-corrected chi connectivity index (χ0v) is 11.2. The van der Waals surface area contributed by atoms with Crippen molar-refractivity contribution in [3.63, 3.8) is 0 Å². The minimum atomic E-state index is 0.257. The molecule has 5 heteroatoms. The highest BCUT2D eigenvalue weighted by atomic mass is 16.4. The lowest BCUT2D eigenvalue weighted by Crippen LogP contribution is -1.98. The Labute approximate surface area is 121 Å². The van der Waals surface area contributed by atoms with Crippen LogP contribution in [-0.2, 0) is 13.0 Å². The van der Waals surface area contributed by atoms with Gasteiger partial charge in [-0.15, -0.1) is 0 Å². The van der Waals surface area contributed by atoms with Gasteiger partial charge < -0.3 is 14.2 Å². The molecule has 0 spiro atoms. The Morgan fingerprint density at radius 3 is 2.71 bits per heavy atom. The van der Waals surface area contributed by atoms with Gasteiger partial charge in [-0.05, 0) is 17.7 Å². The topological polar surface area (TPSA) is 75.0 Å². The fourth-order valence-corrected chi connectivity index (χ4v) is 1.99. The number of benzene rings is 1. The van der Waals surface area contributed by atoms with Crippen molar-refractivity contribution >= 4 is 5.88 Å². The number of rotatable bonds is 5. The minimum Gasteiger partial charge on any atom is -0.467 e. The van der Waals surface area contributed by atoms with Crippen LogP contribution in [0, 0.1) is 11.3 Å². The van der Waals surface area contributed by atoms with Gasteiger partial charge in [-0.25, -0.2) is 4.98 Å². The molecule has 0 aliphatic rings. The SMILES string of the molecule is N#Cc1nc(Cc2ccccc2)oc1NCc1ccco1. The second-order valence-electron chi connectivity index (χ2n) is 4.49. The van der Waals surface area contributed by atoms with Gasteiger partial charge in [-0.2, -0.15) is 5.26 Å². The lowest BCUT2D eigenvalue weighted by molar-refractivity contribution is 0.498.